The van der Waals surface area contributed by atoms with E-state index < -0.39 is 5.82 Å². The van der Waals surface area contributed by atoms with Crippen LogP contribution in [-0.4, -0.2) is 13.2 Å². The van der Waals surface area contributed by atoms with Crippen LogP contribution in [0.25, 0.3) is 0 Å². The predicted octanol–water partition coefficient (Wildman–Crippen LogP) is 3.10. The molecule has 3 nitrogen and oxygen atoms in total. The van der Waals surface area contributed by atoms with Crippen LogP contribution in [0.2, 0.25) is 5.02 Å². The monoisotopic (exact) mass is 308 g/mol. The molecule has 2 aromatic rings. The molecular formula is C16H18ClFN2O. The van der Waals surface area contributed by atoms with Gasteiger partial charge in [-0.25, -0.2) is 4.39 Å². The van der Waals surface area contributed by atoms with Crippen LogP contribution in [0.4, 0.5) is 4.39 Å². The van der Waals surface area contributed by atoms with Crippen molar-refractivity contribution in [2.45, 2.75) is 18.9 Å². The van der Waals surface area contributed by atoms with Crippen LogP contribution in [0, 0.1) is 5.82 Å². The molecule has 0 aromatic heterocycles. The first-order valence-corrected chi connectivity index (χ1v) is 7.03. The molecule has 5 heteroatoms. The Balaban J connectivity index is 2.11. The quantitative estimate of drug-likeness (QED) is 0.637. The third kappa shape index (κ3) is 4.17. The molecule has 0 saturated heterocycles. The van der Waals surface area contributed by atoms with Crippen molar-refractivity contribution in [2.75, 3.05) is 7.11 Å². The molecule has 0 aliphatic rings. The van der Waals surface area contributed by atoms with Crippen molar-refractivity contribution in [2.24, 2.45) is 5.84 Å². The maximum Gasteiger partial charge on any atom is 0.142 e. The van der Waals surface area contributed by atoms with Gasteiger partial charge in [-0.05, 0) is 42.2 Å². The second kappa shape index (κ2) is 7.41. The van der Waals surface area contributed by atoms with Crippen LogP contribution in [0.3, 0.4) is 0 Å². The van der Waals surface area contributed by atoms with Gasteiger partial charge in [0, 0.05) is 6.04 Å². The Labute approximate surface area is 128 Å². The van der Waals surface area contributed by atoms with Crippen LogP contribution < -0.4 is 16.0 Å². The predicted molar refractivity (Wildman–Crippen MR) is 82.9 cm³/mol. The summed E-state index contributed by atoms with van der Waals surface area (Å²) in [5, 5.41) is 0.126. The number of methoxy groups -OCH3 is 1. The van der Waals surface area contributed by atoms with E-state index in [1.54, 1.807) is 19.2 Å². The number of nitrogens with one attached hydrogen (secondary N) is 1. The first kappa shape index (κ1) is 15.8. The van der Waals surface area contributed by atoms with Gasteiger partial charge in [-0.1, -0.05) is 35.9 Å². The van der Waals surface area contributed by atoms with E-state index in [1.807, 2.05) is 24.3 Å². The molecule has 112 valence electrons. The van der Waals surface area contributed by atoms with Gasteiger partial charge in [0.15, 0.2) is 0 Å². The summed E-state index contributed by atoms with van der Waals surface area (Å²) < 4.78 is 18.8. The lowest BCUT2D eigenvalue weighted by Gasteiger charge is -2.18. The molecule has 3 N–H and O–H groups in total. The van der Waals surface area contributed by atoms with Crippen molar-refractivity contribution < 1.29 is 9.13 Å². The molecule has 1 unspecified atom stereocenters. The van der Waals surface area contributed by atoms with Crippen LogP contribution >= 0.6 is 11.6 Å². The normalized spacial score (nSPS) is 12.2. The maximum atomic E-state index is 13.5. The van der Waals surface area contributed by atoms with Crippen molar-refractivity contribution in [3.8, 4) is 5.75 Å². The Morgan fingerprint density at radius 1 is 1.24 bits per heavy atom. The molecule has 0 bridgehead atoms. The molecule has 0 fully saturated rings. The van der Waals surface area contributed by atoms with Gasteiger partial charge >= 0.3 is 0 Å². The zero-order chi connectivity index (χ0) is 15.2. The standard InChI is InChI=1S/C16H18ClFN2O/c1-21-16-5-3-2-4-12(16)10-13(20-19)8-11-6-7-14(17)15(18)9-11/h2-7,9,13,20H,8,10,19H2,1H3. The van der Waals surface area contributed by atoms with Crippen molar-refractivity contribution in [3.63, 3.8) is 0 Å². The highest BCUT2D eigenvalue weighted by molar-refractivity contribution is 6.30. The van der Waals surface area contributed by atoms with Gasteiger partial charge in [0.1, 0.15) is 11.6 Å². The smallest absolute Gasteiger partial charge is 0.142 e. The lowest BCUT2D eigenvalue weighted by molar-refractivity contribution is 0.404. The van der Waals surface area contributed by atoms with Gasteiger partial charge in [-0.2, -0.15) is 0 Å². The molecule has 1 atom stereocenters. The fourth-order valence-corrected chi connectivity index (χ4v) is 2.40. The maximum absolute atomic E-state index is 13.5. The Morgan fingerprint density at radius 3 is 2.67 bits per heavy atom. The minimum absolute atomic E-state index is 0.0260. The summed E-state index contributed by atoms with van der Waals surface area (Å²) in [7, 11) is 1.64. The number of benzene rings is 2. The largest absolute Gasteiger partial charge is 0.496 e. The number of hydrogen-bond donors (Lipinski definition) is 2. The molecule has 0 aliphatic heterocycles. The van der Waals surface area contributed by atoms with E-state index in [9.17, 15) is 4.39 Å². The average molecular weight is 309 g/mol. The van der Waals surface area contributed by atoms with Crippen LogP contribution in [-0.2, 0) is 12.8 Å². The number of hydrogen-bond acceptors (Lipinski definition) is 3. The highest BCUT2D eigenvalue weighted by Gasteiger charge is 2.13. The molecule has 0 amide bonds. The summed E-state index contributed by atoms with van der Waals surface area (Å²) in [4.78, 5) is 0. The minimum atomic E-state index is -0.415. The fourth-order valence-electron chi connectivity index (χ4n) is 2.28. The van der Waals surface area contributed by atoms with E-state index in [1.165, 1.54) is 6.07 Å². The summed E-state index contributed by atoms with van der Waals surface area (Å²) in [5.74, 6) is 6.02. The summed E-state index contributed by atoms with van der Waals surface area (Å²) >= 11 is 5.69. The lowest BCUT2D eigenvalue weighted by Crippen LogP contribution is -2.38. The first-order valence-electron chi connectivity index (χ1n) is 6.66. The van der Waals surface area contributed by atoms with Gasteiger partial charge in [0.2, 0.25) is 0 Å². The number of rotatable bonds is 6. The molecule has 0 spiro atoms. The van der Waals surface area contributed by atoms with E-state index in [4.69, 9.17) is 22.2 Å². The molecular weight excluding hydrogens is 291 g/mol. The van der Waals surface area contributed by atoms with Crippen LogP contribution in [0.5, 0.6) is 5.75 Å². The third-order valence-electron chi connectivity index (χ3n) is 3.36. The molecule has 21 heavy (non-hydrogen) atoms. The van der Waals surface area contributed by atoms with Gasteiger partial charge in [-0.15, -0.1) is 0 Å². The summed E-state index contributed by atoms with van der Waals surface area (Å²) in [6.45, 7) is 0. The second-order valence-electron chi connectivity index (χ2n) is 4.83. The van der Waals surface area contributed by atoms with Crippen molar-refractivity contribution >= 4 is 11.6 Å². The van der Waals surface area contributed by atoms with Crippen LogP contribution in [0.1, 0.15) is 11.1 Å². The average Bonchev–Trinajstić information content (AvgIpc) is 2.50. The van der Waals surface area contributed by atoms with E-state index in [2.05, 4.69) is 5.43 Å². The molecule has 0 aliphatic carbocycles. The van der Waals surface area contributed by atoms with Gasteiger partial charge in [0.25, 0.3) is 0 Å². The Morgan fingerprint density at radius 2 is 2.00 bits per heavy atom. The Bertz CT molecular complexity index is 607. The van der Waals surface area contributed by atoms with Gasteiger partial charge in [-0.3, -0.25) is 11.3 Å². The number of ether oxygens (including phenoxy) is 1. The number of para-hydroxylation sites is 1. The highest BCUT2D eigenvalue weighted by Crippen LogP contribution is 2.21. The summed E-state index contributed by atoms with van der Waals surface area (Å²) in [6.07, 6.45) is 1.29. The van der Waals surface area contributed by atoms with E-state index in [0.717, 1.165) is 16.9 Å². The number of hydrazine groups is 1. The van der Waals surface area contributed by atoms with Crippen molar-refractivity contribution in [1.29, 1.82) is 0 Å². The van der Waals surface area contributed by atoms with E-state index in [0.29, 0.717) is 12.8 Å². The van der Waals surface area contributed by atoms with Gasteiger partial charge in [0.05, 0.1) is 12.1 Å². The molecule has 2 aromatic carbocycles. The lowest BCUT2D eigenvalue weighted by atomic mass is 9.99. The highest BCUT2D eigenvalue weighted by atomic mass is 35.5. The molecule has 0 radical (unpaired) electrons. The Kier molecular flexibility index (Phi) is 5.56. The molecule has 0 saturated carbocycles. The second-order valence-corrected chi connectivity index (χ2v) is 5.24. The topological polar surface area (TPSA) is 47.3 Å². The third-order valence-corrected chi connectivity index (χ3v) is 3.67. The number of halogens is 2. The van der Waals surface area contributed by atoms with Gasteiger partial charge < -0.3 is 4.74 Å². The van der Waals surface area contributed by atoms with E-state index >= 15 is 0 Å². The van der Waals surface area contributed by atoms with Crippen molar-refractivity contribution in [1.82, 2.24) is 5.43 Å². The summed E-state index contributed by atoms with van der Waals surface area (Å²) in [5.41, 5.74) is 4.67. The minimum Gasteiger partial charge on any atom is -0.496 e. The Hall–Kier alpha value is -1.62. The van der Waals surface area contributed by atoms with E-state index in [-0.39, 0.29) is 11.1 Å². The SMILES string of the molecule is COc1ccccc1CC(Cc1ccc(Cl)c(F)c1)NN. The zero-order valence-corrected chi connectivity index (χ0v) is 12.5. The summed E-state index contributed by atoms with van der Waals surface area (Å²) in [6, 6.07) is 12.5. The zero-order valence-electron chi connectivity index (χ0n) is 11.8. The van der Waals surface area contributed by atoms with Crippen molar-refractivity contribution in [3.05, 3.63) is 64.4 Å². The fraction of sp³-hybridized carbons (Fsp3) is 0.250. The molecule has 0 heterocycles. The number of nitrogens with two attached hydrogens (primary N) is 1. The first-order chi connectivity index (χ1) is 10.1. The molecule has 2 rings (SSSR count). The van der Waals surface area contributed by atoms with Crippen LogP contribution in [0.15, 0.2) is 42.5 Å².